The predicted molar refractivity (Wildman–Crippen MR) is 145 cm³/mol. The number of nitrogens with zero attached hydrogens (tertiary/aromatic N) is 2. The first kappa shape index (κ1) is 27.8. The molecule has 204 valence electrons. The Kier molecular flexibility index (Phi) is 9.08. The molecule has 2 N–H and O–H groups in total. The van der Waals surface area contributed by atoms with E-state index >= 15 is 0 Å². The van der Waals surface area contributed by atoms with Crippen molar-refractivity contribution in [1.29, 1.82) is 0 Å². The van der Waals surface area contributed by atoms with Crippen molar-refractivity contribution in [3.05, 3.63) is 40.8 Å². The van der Waals surface area contributed by atoms with Gasteiger partial charge in [0.1, 0.15) is 0 Å². The van der Waals surface area contributed by atoms with E-state index < -0.39 is 15.6 Å². The maximum atomic E-state index is 13.6. The molecule has 9 heteroatoms. The van der Waals surface area contributed by atoms with Gasteiger partial charge in [-0.3, -0.25) is 14.2 Å². The summed E-state index contributed by atoms with van der Waals surface area (Å²) in [6.07, 6.45) is 14.5. The van der Waals surface area contributed by atoms with Gasteiger partial charge in [-0.15, -0.1) is 0 Å². The molecule has 0 bridgehead atoms. The molecule has 2 fully saturated rings. The second-order valence-electron chi connectivity index (χ2n) is 10.6. The number of pyridine rings is 1. The lowest BCUT2D eigenvalue weighted by Gasteiger charge is -2.26. The number of nitrogens with two attached hydrogens (primary N) is 1. The number of sulfonamides is 1. The van der Waals surface area contributed by atoms with E-state index in [-0.39, 0.29) is 34.6 Å². The molecule has 1 saturated carbocycles. The average Bonchev–Trinajstić information content (AvgIpc) is 3.61. The van der Waals surface area contributed by atoms with Crippen molar-refractivity contribution in [2.75, 3.05) is 6.54 Å². The molecule has 0 unspecified atom stereocenters. The molecular formula is C28H41N3O5S. The van der Waals surface area contributed by atoms with Gasteiger partial charge in [0.05, 0.1) is 10.4 Å². The van der Waals surface area contributed by atoms with Crippen molar-refractivity contribution in [3.63, 3.8) is 0 Å². The third kappa shape index (κ3) is 6.10. The van der Waals surface area contributed by atoms with Gasteiger partial charge in [-0.05, 0) is 43.9 Å². The van der Waals surface area contributed by atoms with Gasteiger partial charge in [-0.1, -0.05) is 64.4 Å². The lowest BCUT2D eigenvalue weighted by Crippen LogP contribution is -2.44. The number of carbonyl (C=O) groups excluding carboxylic acids is 1. The molecule has 8 nitrogen and oxygen atoms in total. The third-order valence-corrected chi connectivity index (χ3v) is 10.0. The molecule has 1 aliphatic carbocycles. The van der Waals surface area contributed by atoms with Crippen LogP contribution in [0.5, 0.6) is 0 Å². The molecule has 1 spiro atoms. The zero-order valence-corrected chi connectivity index (χ0v) is 22.8. The van der Waals surface area contributed by atoms with Crippen LogP contribution in [0, 0.1) is 0 Å². The van der Waals surface area contributed by atoms with Crippen LogP contribution in [0.1, 0.15) is 90.4 Å². The summed E-state index contributed by atoms with van der Waals surface area (Å²) in [7, 11) is -3.80. The van der Waals surface area contributed by atoms with E-state index in [0.717, 1.165) is 32.1 Å². The first-order valence-electron chi connectivity index (χ1n) is 13.9. The Morgan fingerprint density at radius 1 is 1.03 bits per heavy atom. The van der Waals surface area contributed by atoms with Gasteiger partial charge in [-0.2, -0.15) is 4.31 Å². The molecule has 1 saturated heterocycles. The molecule has 1 aromatic carbocycles. The van der Waals surface area contributed by atoms with Gasteiger partial charge >= 0.3 is 5.97 Å². The fourth-order valence-electron chi connectivity index (χ4n) is 5.57. The predicted octanol–water partition coefficient (Wildman–Crippen LogP) is 4.68. The van der Waals surface area contributed by atoms with Crippen LogP contribution in [-0.2, 0) is 26.3 Å². The van der Waals surface area contributed by atoms with Gasteiger partial charge in [0.25, 0.3) is 5.56 Å². The standard InChI is InChI=1S/C28H41N3O5S/c1-2-3-4-5-6-7-8-9-10-14-26(32)36-21-30-19-15-22-23(27(30)33)12-11-13-24(22)37(34,35)31-20-16-25(29)28(31)17-18-28/h11-13,15,19,25H,2-10,14,16-18,20-21,29H2,1H3/t25-/m1/s1. The number of hydrogen-bond donors (Lipinski definition) is 1. The molecule has 4 rings (SSSR count). The van der Waals surface area contributed by atoms with E-state index in [1.807, 2.05) is 0 Å². The van der Waals surface area contributed by atoms with Crippen LogP contribution in [0.3, 0.4) is 0 Å². The summed E-state index contributed by atoms with van der Waals surface area (Å²) in [5.41, 5.74) is 5.37. The zero-order valence-electron chi connectivity index (χ0n) is 22.0. The molecular weight excluding hydrogens is 490 g/mol. The summed E-state index contributed by atoms with van der Waals surface area (Å²) >= 11 is 0. The smallest absolute Gasteiger partial charge is 0.307 e. The quantitative estimate of drug-likeness (QED) is 0.280. The van der Waals surface area contributed by atoms with Gasteiger partial charge in [0.15, 0.2) is 6.73 Å². The Bertz CT molecular complexity index is 1250. The minimum Gasteiger partial charge on any atom is -0.444 e. The van der Waals surface area contributed by atoms with Crippen LogP contribution < -0.4 is 11.3 Å². The van der Waals surface area contributed by atoms with Crippen LogP contribution in [0.15, 0.2) is 40.2 Å². The molecule has 1 atom stereocenters. The molecule has 0 radical (unpaired) electrons. The number of rotatable bonds is 14. The van der Waals surface area contributed by atoms with E-state index in [1.165, 1.54) is 49.3 Å². The van der Waals surface area contributed by atoms with Crippen LogP contribution in [0.25, 0.3) is 10.8 Å². The molecule has 37 heavy (non-hydrogen) atoms. The van der Waals surface area contributed by atoms with Gasteiger partial charge in [0.2, 0.25) is 10.0 Å². The summed E-state index contributed by atoms with van der Waals surface area (Å²) in [5.74, 6) is -0.327. The summed E-state index contributed by atoms with van der Waals surface area (Å²) in [4.78, 5) is 25.4. The molecule has 0 amide bonds. The highest BCUT2D eigenvalue weighted by Gasteiger charge is 2.60. The molecule has 2 aromatic rings. The van der Waals surface area contributed by atoms with Crippen LogP contribution >= 0.6 is 0 Å². The van der Waals surface area contributed by atoms with E-state index in [4.69, 9.17) is 10.5 Å². The fraction of sp³-hybridized carbons (Fsp3) is 0.643. The van der Waals surface area contributed by atoms with Crippen LogP contribution in [-0.4, -0.2) is 41.4 Å². The normalized spacial score (nSPS) is 19.0. The third-order valence-electron chi connectivity index (χ3n) is 7.99. The topological polar surface area (TPSA) is 112 Å². The van der Waals surface area contributed by atoms with Crippen molar-refractivity contribution >= 4 is 26.8 Å². The first-order chi connectivity index (χ1) is 17.8. The Morgan fingerprint density at radius 3 is 2.38 bits per heavy atom. The van der Waals surface area contributed by atoms with Crippen LogP contribution in [0.4, 0.5) is 0 Å². The summed E-state index contributed by atoms with van der Waals surface area (Å²) < 4.78 is 35.3. The summed E-state index contributed by atoms with van der Waals surface area (Å²) in [6.45, 7) is 2.42. The van der Waals surface area contributed by atoms with Crippen molar-refractivity contribution in [3.8, 4) is 0 Å². The number of unbranched alkanes of at least 4 members (excludes halogenated alkanes) is 8. The van der Waals surface area contributed by atoms with Crippen molar-refractivity contribution in [1.82, 2.24) is 8.87 Å². The van der Waals surface area contributed by atoms with E-state index in [0.29, 0.717) is 24.8 Å². The monoisotopic (exact) mass is 531 g/mol. The number of carbonyl (C=O) groups is 1. The summed E-state index contributed by atoms with van der Waals surface area (Å²) in [6, 6.07) is 6.21. The molecule has 2 aliphatic rings. The van der Waals surface area contributed by atoms with E-state index in [1.54, 1.807) is 28.6 Å². The Hall–Kier alpha value is -2.23. The largest absolute Gasteiger partial charge is 0.444 e. The summed E-state index contributed by atoms with van der Waals surface area (Å²) in [5, 5.41) is 0.660. The molecule has 1 aromatic heterocycles. The van der Waals surface area contributed by atoms with Gasteiger partial charge in [-0.25, -0.2) is 8.42 Å². The number of fused-ring (bicyclic) bond motifs is 1. The lowest BCUT2D eigenvalue weighted by atomic mass is 10.1. The fourth-order valence-corrected chi connectivity index (χ4v) is 7.66. The highest BCUT2D eigenvalue weighted by Crippen LogP contribution is 2.51. The lowest BCUT2D eigenvalue weighted by molar-refractivity contribution is -0.147. The van der Waals surface area contributed by atoms with Crippen molar-refractivity contribution in [2.45, 2.75) is 114 Å². The number of aromatic nitrogens is 1. The van der Waals surface area contributed by atoms with E-state index in [2.05, 4.69) is 6.92 Å². The van der Waals surface area contributed by atoms with Gasteiger partial charge in [0, 0.05) is 36.0 Å². The van der Waals surface area contributed by atoms with Gasteiger partial charge < -0.3 is 10.5 Å². The Labute approximate surface area is 220 Å². The molecule has 1 aliphatic heterocycles. The molecule has 2 heterocycles. The maximum absolute atomic E-state index is 13.6. The second kappa shape index (κ2) is 12.1. The number of benzene rings is 1. The number of esters is 1. The van der Waals surface area contributed by atoms with Crippen LogP contribution in [0.2, 0.25) is 0 Å². The highest BCUT2D eigenvalue weighted by atomic mass is 32.2. The first-order valence-corrected chi connectivity index (χ1v) is 15.3. The zero-order chi connectivity index (χ0) is 26.5. The van der Waals surface area contributed by atoms with Crippen molar-refractivity contribution < 1.29 is 17.9 Å². The Balaban J connectivity index is 1.33. The SMILES string of the molecule is CCCCCCCCCCCC(=O)OCn1ccc2c(S(=O)(=O)N3CC[C@@H](N)C34CC4)cccc2c1=O. The average molecular weight is 532 g/mol. The Morgan fingerprint density at radius 2 is 1.70 bits per heavy atom. The minimum absolute atomic E-state index is 0.122. The number of hydrogen-bond acceptors (Lipinski definition) is 6. The minimum atomic E-state index is -3.80. The van der Waals surface area contributed by atoms with E-state index in [9.17, 15) is 18.0 Å². The maximum Gasteiger partial charge on any atom is 0.307 e. The number of ether oxygens (including phenoxy) is 1. The van der Waals surface area contributed by atoms with Crippen molar-refractivity contribution in [2.24, 2.45) is 5.73 Å². The second-order valence-corrected chi connectivity index (χ2v) is 12.4. The highest BCUT2D eigenvalue weighted by molar-refractivity contribution is 7.89.